The second-order valence-electron chi connectivity index (χ2n) is 4.81. The van der Waals surface area contributed by atoms with Crippen LogP contribution >= 0.6 is 11.6 Å². The number of rotatable bonds is 3. The van der Waals surface area contributed by atoms with Gasteiger partial charge in [-0.05, 0) is 42.7 Å². The summed E-state index contributed by atoms with van der Waals surface area (Å²) in [6, 6.07) is 16.3. The molecule has 0 radical (unpaired) electrons. The first-order valence-corrected chi connectivity index (χ1v) is 6.92. The fourth-order valence-corrected chi connectivity index (χ4v) is 2.56. The Morgan fingerprint density at radius 2 is 2.05 bits per heavy atom. The Hall–Kier alpha value is -1.67. The molecule has 1 heterocycles. The number of para-hydroxylation sites is 1. The first-order valence-electron chi connectivity index (χ1n) is 6.54. The van der Waals surface area contributed by atoms with Gasteiger partial charge >= 0.3 is 0 Å². The van der Waals surface area contributed by atoms with Gasteiger partial charge in [0.15, 0.2) is 0 Å². The molecule has 0 spiro atoms. The maximum Gasteiger partial charge on any atom is 0.120 e. The third-order valence-electron chi connectivity index (χ3n) is 3.39. The largest absolute Gasteiger partial charge is 0.491 e. The summed E-state index contributed by atoms with van der Waals surface area (Å²) in [5.41, 5.74) is 2.62. The van der Waals surface area contributed by atoms with Crippen molar-refractivity contribution in [2.75, 3.05) is 11.9 Å². The van der Waals surface area contributed by atoms with Crippen molar-refractivity contribution in [2.45, 2.75) is 18.9 Å². The molecular weight excluding hydrogens is 258 g/mol. The van der Waals surface area contributed by atoms with Crippen LogP contribution in [0.1, 0.15) is 12.0 Å². The van der Waals surface area contributed by atoms with E-state index in [1.807, 2.05) is 24.3 Å². The van der Waals surface area contributed by atoms with Gasteiger partial charge in [0.2, 0.25) is 0 Å². The van der Waals surface area contributed by atoms with Gasteiger partial charge < -0.3 is 10.1 Å². The molecule has 1 atom stereocenters. The van der Waals surface area contributed by atoms with E-state index in [-0.39, 0.29) is 0 Å². The zero-order chi connectivity index (χ0) is 13.1. The number of ether oxygens (including phenoxy) is 1. The Balaban J connectivity index is 1.61. The molecule has 3 rings (SSSR count). The Morgan fingerprint density at radius 1 is 1.16 bits per heavy atom. The van der Waals surface area contributed by atoms with E-state index in [4.69, 9.17) is 16.3 Å². The molecule has 0 saturated heterocycles. The van der Waals surface area contributed by atoms with Crippen LogP contribution in [0, 0.1) is 0 Å². The third kappa shape index (κ3) is 3.02. The summed E-state index contributed by atoms with van der Waals surface area (Å²) in [6.45, 7) is 0.661. The highest BCUT2D eigenvalue weighted by molar-refractivity contribution is 6.30. The molecule has 0 saturated carbocycles. The fourth-order valence-electron chi connectivity index (χ4n) is 2.38. The highest BCUT2D eigenvalue weighted by Crippen LogP contribution is 2.25. The Kier molecular flexibility index (Phi) is 3.60. The van der Waals surface area contributed by atoms with Crippen LogP contribution in [0.4, 0.5) is 5.69 Å². The van der Waals surface area contributed by atoms with Gasteiger partial charge in [0.1, 0.15) is 12.4 Å². The zero-order valence-corrected chi connectivity index (χ0v) is 11.4. The number of halogens is 1. The molecule has 0 aromatic heterocycles. The lowest BCUT2D eigenvalue weighted by molar-refractivity contribution is 0.289. The van der Waals surface area contributed by atoms with Crippen LogP contribution in [-0.2, 0) is 6.42 Å². The first kappa shape index (κ1) is 12.4. The molecule has 0 fully saturated rings. The molecular formula is C16H16ClNO. The highest BCUT2D eigenvalue weighted by atomic mass is 35.5. The molecule has 3 heteroatoms. The maximum atomic E-state index is 5.94. The molecule has 0 bridgehead atoms. The standard InChI is InChI=1S/C16H16ClNO/c17-13-5-3-6-15(10-13)19-11-14-9-8-12-4-1-2-7-16(12)18-14/h1-7,10,14,18H,8-9,11H2. The van der Waals surface area contributed by atoms with E-state index < -0.39 is 0 Å². The summed E-state index contributed by atoms with van der Waals surface area (Å²) in [6.07, 6.45) is 2.20. The predicted molar refractivity (Wildman–Crippen MR) is 79.1 cm³/mol. The number of hydrogen-bond acceptors (Lipinski definition) is 2. The van der Waals surface area contributed by atoms with Gasteiger partial charge in [-0.15, -0.1) is 0 Å². The fraction of sp³-hybridized carbons (Fsp3) is 0.250. The van der Waals surface area contributed by atoms with E-state index >= 15 is 0 Å². The van der Waals surface area contributed by atoms with E-state index in [0.29, 0.717) is 17.7 Å². The van der Waals surface area contributed by atoms with Crippen molar-refractivity contribution in [1.29, 1.82) is 0 Å². The molecule has 19 heavy (non-hydrogen) atoms. The van der Waals surface area contributed by atoms with Crippen LogP contribution in [0.15, 0.2) is 48.5 Å². The van der Waals surface area contributed by atoms with Crippen LogP contribution < -0.4 is 10.1 Å². The van der Waals surface area contributed by atoms with E-state index in [9.17, 15) is 0 Å². The van der Waals surface area contributed by atoms with Gasteiger partial charge in [0.25, 0.3) is 0 Å². The van der Waals surface area contributed by atoms with Crippen molar-refractivity contribution in [3.05, 3.63) is 59.1 Å². The van der Waals surface area contributed by atoms with Crippen molar-refractivity contribution in [1.82, 2.24) is 0 Å². The van der Waals surface area contributed by atoms with Gasteiger partial charge in [0.05, 0.1) is 6.04 Å². The highest BCUT2D eigenvalue weighted by Gasteiger charge is 2.17. The average molecular weight is 274 g/mol. The second-order valence-corrected chi connectivity index (χ2v) is 5.24. The molecule has 2 aromatic rings. The molecule has 1 aliphatic rings. The minimum atomic E-state index is 0.355. The van der Waals surface area contributed by atoms with Gasteiger partial charge in [0, 0.05) is 10.7 Å². The van der Waals surface area contributed by atoms with Crippen molar-refractivity contribution in [3.8, 4) is 5.75 Å². The lowest BCUT2D eigenvalue weighted by Gasteiger charge is -2.27. The summed E-state index contributed by atoms with van der Waals surface area (Å²) in [5.74, 6) is 0.827. The van der Waals surface area contributed by atoms with E-state index in [1.165, 1.54) is 11.3 Å². The van der Waals surface area contributed by atoms with Crippen molar-refractivity contribution < 1.29 is 4.74 Å². The Labute approximate surface area is 118 Å². The molecule has 2 nitrogen and oxygen atoms in total. The molecule has 0 amide bonds. The quantitative estimate of drug-likeness (QED) is 0.907. The lowest BCUT2D eigenvalue weighted by Crippen LogP contribution is -2.31. The van der Waals surface area contributed by atoms with Crippen molar-refractivity contribution in [3.63, 3.8) is 0 Å². The zero-order valence-electron chi connectivity index (χ0n) is 10.6. The van der Waals surface area contributed by atoms with E-state index in [2.05, 4.69) is 29.6 Å². The number of aryl methyl sites for hydroxylation is 1. The average Bonchev–Trinajstić information content (AvgIpc) is 2.45. The summed E-state index contributed by atoms with van der Waals surface area (Å²) in [4.78, 5) is 0. The summed E-state index contributed by atoms with van der Waals surface area (Å²) in [7, 11) is 0. The smallest absolute Gasteiger partial charge is 0.120 e. The number of anilines is 1. The molecule has 1 aliphatic heterocycles. The molecule has 2 aromatic carbocycles. The van der Waals surface area contributed by atoms with Crippen LogP contribution in [0.2, 0.25) is 5.02 Å². The van der Waals surface area contributed by atoms with Crippen molar-refractivity contribution in [2.24, 2.45) is 0 Å². The maximum absolute atomic E-state index is 5.94. The van der Waals surface area contributed by atoms with Crippen molar-refractivity contribution >= 4 is 17.3 Å². The van der Waals surface area contributed by atoms with Crippen LogP contribution in [0.25, 0.3) is 0 Å². The van der Waals surface area contributed by atoms with E-state index in [1.54, 1.807) is 0 Å². The number of benzene rings is 2. The third-order valence-corrected chi connectivity index (χ3v) is 3.62. The number of fused-ring (bicyclic) bond motifs is 1. The first-order chi connectivity index (χ1) is 9.31. The SMILES string of the molecule is Clc1cccc(OCC2CCc3ccccc3N2)c1. The molecule has 98 valence electrons. The number of nitrogens with one attached hydrogen (secondary N) is 1. The summed E-state index contributed by atoms with van der Waals surface area (Å²) >= 11 is 5.94. The lowest BCUT2D eigenvalue weighted by atomic mass is 9.99. The molecule has 1 N–H and O–H groups in total. The number of hydrogen-bond donors (Lipinski definition) is 1. The topological polar surface area (TPSA) is 21.3 Å². The normalized spacial score (nSPS) is 17.4. The summed E-state index contributed by atoms with van der Waals surface area (Å²) in [5, 5.41) is 4.23. The van der Waals surface area contributed by atoms with Crippen LogP contribution in [-0.4, -0.2) is 12.6 Å². The van der Waals surface area contributed by atoms with Gasteiger partial charge in [-0.1, -0.05) is 35.9 Å². The minimum Gasteiger partial charge on any atom is -0.491 e. The van der Waals surface area contributed by atoms with Crippen LogP contribution in [0.3, 0.4) is 0 Å². The predicted octanol–water partition coefficient (Wildman–Crippen LogP) is 4.15. The van der Waals surface area contributed by atoms with Gasteiger partial charge in [-0.2, -0.15) is 0 Å². The van der Waals surface area contributed by atoms with Gasteiger partial charge in [-0.25, -0.2) is 0 Å². The molecule has 0 aliphatic carbocycles. The van der Waals surface area contributed by atoms with Gasteiger partial charge in [-0.3, -0.25) is 0 Å². The summed E-state index contributed by atoms with van der Waals surface area (Å²) < 4.78 is 5.79. The monoisotopic (exact) mass is 273 g/mol. The minimum absolute atomic E-state index is 0.355. The molecule has 1 unspecified atom stereocenters. The van der Waals surface area contributed by atoms with Crippen LogP contribution in [0.5, 0.6) is 5.75 Å². The second kappa shape index (κ2) is 5.54. The Morgan fingerprint density at radius 3 is 2.95 bits per heavy atom. The van der Waals surface area contributed by atoms with E-state index in [0.717, 1.165) is 18.6 Å². The Bertz CT molecular complexity index is 570.